The number of nitrogens with one attached hydrogen (secondary N) is 1. The lowest BCUT2D eigenvalue weighted by molar-refractivity contribution is -0.131. The smallest absolute Gasteiger partial charge is 0.328 e. The van der Waals surface area contributed by atoms with Crippen LogP contribution in [0.5, 0.6) is 0 Å². The predicted octanol–water partition coefficient (Wildman–Crippen LogP) is 3.12. The molecule has 4 heteroatoms. The molecule has 0 spiro atoms. The highest BCUT2D eigenvalue weighted by molar-refractivity contribution is 9.10. The number of carbonyl (C=O) groups is 1. The Hall–Kier alpha value is -1.29. The van der Waals surface area contributed by atoms with Crippen LogP contribution in [-0.2, 0) is 4.79 Å². The first-order valence-electron chi connectivity index (χ1n) is 4.91. The summed E-state index contributed by atoms with van der Waals surface area (Å²) in [4.78, 5) is 10.3. The van der Waals surface area contributed by atoms with Crippen molar-refractivity contribution in [1.29, 1.82) is 0 Å². The van der Waals surface area contributed by atoms with E-state index in [0.29, 0.717) is 6.54 Å². The van der Waals surface area contributed by atoms with Gasteiger partial charge in [0.15, 0.2) is 0 Å². The highest BCUT2D eigenvalue weighted by Crippen LogP contribution is 2.27. The topological polar surface area (TPSA) is 49.3 Å². The van der Waals surface area contributed by atoms with Gasteiger partial charge in [-0.2, -0.15) is 0 Å². The number of hydrogen-bond acceptors (Lipinski definition) is 2. The monoisotopic (exact) mass is 283 g/mol. The number of benzene rings is 1. The molecule has 16 heavy (non-hydrogen) atoms. The van der Waals surface area contributed by atoms with E-state index < -0.39 is 5.97 Å². The number of anilines is 1. The van der Waals surface area contributed by atoms with Gasteiger partial charge < -0.3 is 10.4 Å². The summed E-state index contributed by atoms with van der Waals surface area (Å²) >= 11 is 3.48. The van der Waals surface area contributed by atoms with Crippen molar-refractivity contribution >= 4 is 27.6 Å². The van der Waals surface area contributed by atoms with Crippen LogP contribution in [0.4, 0.5) is 5.69 Å². The minimum Gasteiger partial charge on any atom is -0.478 e. The summed E-state index contributed by atoms with van der Waals surface area (Å²) in [5.41, 5.74) is 3.33. The molecule has 1 aromatic carbocycles. The first-order chi connectivity index (χ1) is 7.50. The van der Waals surface area contributed by atoms with Crippen LogP contribution >= 0.6 is 15.9 Å². The third-order valence-corrected chi connectivity index (χ3v) is 2.71. The normalized spacial score (nSPS) is 10.7. The van der Waals surface area contributed by atoms with E-state index in [9.17, 15) is 4.79 Å². The first-order valence-corrected chi connectivity index (χ1v) is 5.70. The Morgan fingerprint density at radius 2 is 2.19 bits per heavy atom. The summed E-state index contributed by atoms with van der Waals surface area (Å²) in [5, 5.41) is 11.6. The van der Waals surface area contributed by atoms with Gasteiger partial charge in [0.2, 0.25) is 0 Å². The van der Waals surface area contributed by atoms with Crippen LogP contribution in [-0.4, -0.2) is 17.6 Å². The largest absolute Gasteiger partial charge is 0.478 e. The summed E-state index contributed by atoms with van der Waals surface area (Å²) < 4.78 is 0.994. The Labute approximate surface area is 103 Å². The van der Waals surface area contributed by atoms with E-state index in [1.165, 1.54) is 5.56 Å². The van der Waals surface area contributed by atoms with Crippen LogP contribution in [0, 0.1) is 13.8 Å². The summed E-state index contributed by atoms with van der Waals surface area (Å²) in [6.07, 6.45) is 2.71. The van der Waals surface area contributed by atoms with Gasteiger partial charge in [-0.05, 0) is 47.0 Å². The second-order valence-corrected chi connectivity index (χ2v) is 4.41. The molecule has 0 unspecified atom stereocenters. The van der Waals surface area contributed by atoms with Crippen molar-refractivity contribution in [3.63, 3.8) is 0 Å². The Morgan fingerprint density at radius 3 is 2.75 bits per heavy atom. The Kier molecular flexibility index (Phi) is 4.55. The maximum Gasteiger partial charge on any atom is 0.328 e. The number of carboxylic acid groups (broad SMARTS) is 1. The zero-order chi connectivity index (χ0) is 12.1. The molecular weight excluding hydrogens is 270 g/mol. The number of aryl methyl sites for hydroxylation is 2. The van der Waals surface area contributed by atoms with Gasteiger partial charge in [0.25, 0.3) is 0 Å². The molecule has 0 aliphatic heterocycles. The highest BCUT2D eigenvalue weighted by atomic mass is 79.9. The van der Waals surface area contributed by atoms with Gasteiger partial charge in [-0.3, -0.25) is 0 Å². The molecule has 0 radical (unpaired) electrons. The molecule has 0 saturated heterocycles. The lowest BCUT2D eigenvalue weighted by Gasteiger charge is -2.11. The number of aliphatic carboxylic acids is 1. The van der Waals surface area contributed by atoms with Crippen LogP contribution in [0.15, 0.2) is 28.8 Å². The first kappa shape index (κ1) is 12.8. The summed E-state index contributed by atoms with van der Waals surface area (Å²) in [6.45, 7) is 4.54. The van der Waals surface area contributed by atoms with Crippen molar-refractivity contribution < 1.29 is 9.90 Å². The van der Waals surface area contributed by atoms with Crippen LogP contribution in [0.1, 0.15) is 11.1 Å². The van der Waals surface area contributed by atoms with E-state index in [1.54, 1.807) is 6.08 Å². The minimum absolute atomic E-state index is 0.495. The number of carboxylic acids is 1. The third kappa shape index (κ3) is 3.70. The quantitative estimate of drug-likeness (QED) is 0.835. The number of halogens is 1. The second kappa shape index (κ2) is 5.70. The standard InChI is InChI=1S/C12H14BrNO2/c1-8-6-9(2)12(10(13)7-8)14-5-3-4-11(15)16/h3-4,6-7,14H,5H2,1-2H3,(H,15,16)/b4-3+. The van der Waals surface area contributed by atoms with Crippen molar-refractivity contribution in [3.8, 4) is 0 Å². The zero-order valence-corrected chi connectivity index (χ0v) is 10.8. The zero-order valence-electron chi connectivity index (χ0n) is 9.25. The molecule has 0 aliphatic rings. The summed E-state index contributed by atoms with van der Waals surface area (Å²) in [7, 11) is 0. The Bertz CT molecular complexity index is 404. The Balaban J connectivity index is 2.71. The van der Waals surface area contributed by atoms with Gasteiger partial charge >= 0.3 is 5.97 Å². The van der Waals surface area contributed by atoms with Gasteiger partial charge in [-0.25, -0.2) is 4.79 Å². The van der Waals surface area contributed by atoms with Crippen molar-refractivity contribution in [2.45, 2.75) is 13.8 Å². The average molecular weight is 284 g/mol. The molecule has 3 nitrogen and oxygen atoms in total. The van der Waals surface area contributed by atoms with Crippen LogP contribution in [0.25, 0.3) is 0 Å². The molecule has 0 fully saturated rings. The van der Waals surface area contributed by atoms with E-state index in [4.69, 9.17) is 5.11 Å². The molecule has 0 saturated carbocycles. The van der Waals surface area contributed by atoms with Crippen molar-refractivity contribution in [3.05, 3.63) is 39.9 Å². The molecule has 0 heterocycles. The van der Waals surface area contributed by atoms with E-state index in [2.05, 4.69) is 27.3 Å². The maximum atomic E-state index is 10.3. The lowest BCUT2D eigenvalue weighted by Crippen LogP contribution is -2.02. The molecule has 0 aromatic heterocycles. The average Bonchev–Trinajstić information content (AvgIpc) is 2.14. The molecule has 1 rings (SSSR count). The van der Waals surface area contributed by atoms with Crippen LogP contribution < -0.4 is 5.32 Å². The molecular formula is C12H14BrNO2. The molecule has 0 aliphatic carbocycles. The molecule has 0 amide bonds. The van der Waals surface area contributed by atoms with E-state index in [0.717, 1.165) is 21.8 Å². The highest BCUT2D eigenvalue weighted by Gasteiger charge is 2.03. The van der Waals surface area contributed by atoms with E-state index in [1.807, 2.05) is 19.9 Å². The molecule has 1 aromatic rings. The predicted molar refractivity (Wildman–Crippen MR) is 68.9 cm³/mol. The molecule has 0 atom stereocenters. The Morgan fingerprint density at radius 1 is 1.50 bits per heavy atom. The molecule has 0 bridgehead atoms. The van der Waals surface area contributed by atoms with Crippen molar-refractivity contribution in [2.24, 2.45) is 0 Å². The van der Waals surface area contributed by atoms with Crippen LogP contribution in [0.3, 0.4) is 0 Å². The minimum atomic E-state index is -0.929. The lowest BCUT2D eigenvalue weighted by atomic mass is 10.1. The second-order valence-electron chi connectivity index (χ2n) is 3.56. The summed E-state index contributed by atoms with van der Waals surface area (Å²) in [5.74, 6) is -0.929. The fourth-order valence-electron chi connectivity index (χ4n) is 1.46. The summed E-state index contributed by atoms with van der Waals surface area (Å²) in [6, 6.07) is 4.10. The van der Waals surface area contributed by atoms with Crippen molar-refractivity contribution in [2.75, 3.05) is 11.9 Å². The van der Waals surface area contributed by atoms with E-state index >= 15 is 0 Å². The fourth-order valence-corrected chi connectivity index (χ4v) is 2.27. The molecule has 2 N–H and O–H groups in total. The van der Waals surface area contributed by atoms with Crippen molar-refractivity contribution in [1.82, 2.24) is 0 Å². The SMILES string of the molecule is Cc1cc(C)c(NC/C=C/C(=O)O)c(Br)c1. The van der Waals surface area contributed by atoms with Gasteiger partial charge in [0.1, 0.15) is 0 Å². The van der Waals surface area contributed by atoms with Crippen LogP contribution in [0.2, 0.25) is 0 Å². The third-order valence-electron chi connectivity index (χ3n) is 2.09. The van der Waals surface area contributed by atoms with Gasteiger partial charge in [0.05, 0.1) is 5.69 Å². The number of rotatable bonds is 4. The van der Waals surface area contributed by atoms with Gasteiger partial charge in [-0.1, -0.05) is 12.1 Å². The maximum absolute atomic E-state index is 10.3. The molecule has 86 valence electrons. The fraction of sp³-hybridized carbons (Fsp3) is 0.250. The van der Waals surface area contributed by atoms with Gasteiger partial charge in [0, 0.05) is 17.1 Å². The van der Waals surface area contributed by atoms with E-state index in [-0.39, 0.29) is 0 Å². The van der Waals surface area contributed by atoms with Gasteiger partial charge in [-0.15, -0.1) is 0 Å². The number of hydrogen-bond donors (Lipinski definition) is 2.